The third-order valence-electron chi connectivity index (χ3n) is 3.82. The fraction of sp³-hybridized carbons (Fsp3) is 0.500. The highest BCUT2D eigenvalue weighted by molar-refractivity contribution is 7.92. The molecule has 0 bridgehead atoms. The Balaban J connectivity index is 2.31. The number of benzene rings is 1. The SMILES string of the molecule is CC(C)(C)S(=O)(=O)CCn1cc(CCN)c2ccccc21. The molecule has 0 spiro atoms. The minimum atomic E-state index is -3.11. The highest BCUT2D eigenvalue weighted by Crippen LogP contribution is 2.23. The average Bonchev–Trinajstić information content (AvgIpc) is 2.75. The molecule has 1 heterocycles. The molecule has 0 saturated heterocycles. The van der Waals surface area contributed by atoms with E-state index in [4.69, 9.17) is 5.73 Å². The molecule has 0 fully saturated rings. The van der Waals surface area contributed by atoms with Crippen LogP contribution in [-0.4, -0.2) is 30.0 Å². The minimum absolute atomic E-state index is 0.150. The molecule has 2 N–H and O–H groups in total. The smallest absolute Gasteiger partial charge is 0.156 e. The third-order valence-corrected chi connectivity index (χ3v) is 6.40. The molecule has 0 radical (unpaired) electrons. The van der Waals surface area contributed by atoms with Gasteiger partial charge in [-0.15, -0.1) is 0 Å². The van der Waals surface area contributed by atoms with Crippen molar-refractivity contribution in [2.75, 3.05) is 12.3 Å². The van der Waals surface area contributed by atoms with Crippen molar-refractivity contribution in [2.24, 2.45) is 5.73 Å². The van der Waals surface area contributed by atoms with Crippen LogP contribution in [0.5, 0.6) is 0 Å². The first-order valence-electron chi connectivity index (χ1n) is 7.25. The van der Waals surface area contributed by atoms with Gasteiger partial charge in [0.25, 0.3) is 0 Å². The molecule has 0 amide bonds. The van der Waals surface area contributed by atoms with Crippen LogP contribution in [0.2, 0.25) is 0 Å². The quantitative estimate of drug-likeness (QED) is 0.922. The van der Waals surface area contributed by atoms with Gasteiger partial charge in [0.2, 0.25) is 0 Å². The summed E-state index contributed by atoms with van der Waals surface area (Å²) in [5.41, 5.74) is 7.91. The monoisotopic (exact) mass is 308 g/mol. The van der Waals surface area contributed by atoms with Crippen molar-refractivity contribution < 1.29 is 8.42 Å². The maximum Gasteiger partial charge on any atom is 0.156 e. The molecule has 2 rings (SSSR count). The molecule has 0 unspecified atom stereocenters. The molecule has 0 atom stereocenters. The summed E-state index contributed by atoms with van der Waals surface area (Å²) in [5.74, 6) is 0.150. The van der Waals surface area contributed by atoms with E-state index in [1.807, 2.05) is 29.0 Å². The van der Waals surface area contributed by atoms with E-state index in [2.05, 4.69) is 6.07 Å². The summed E-state index contributed by atoms with van der Waals surface area (Å²) in [6.07, 6.45) is 2.84. The number of nitrogens with two attached hydrogens (primary N) is 1. The van der Waals surface area contributed by atoms with Gasteiger partial charge >= 0.3 is 0 Å². The molecular weight excluding hydrogens is 284 g/mol. The van der Waals surface area contributed by atoms with Crippen LogP contribution in [0.15, 0.2) is 30.5 Å². The highest BCUT2D eigenvalue weighted by atomic mass is 32.2. The Labute approximate surface area is 126 Å². The summed E-state index contributed by atoms with van der Waals surface area (Å²) in [5, 5.41) is 1.16. The molecule has 5 heteroatoms. The number of nitrogens with zero attached hydrogens (tertiary/aromatic N) is 1. The van der Waals surface area contributed by atoms with E-state index < -0.39 is 14.6 Å². The number of hydrogen-bond donors (Lipinski definition) is 1. The van der Waals surface area contributed by atoms with E-state index >= 15 is 0 Å². The van der Waals surface area contributed by atoms with Gasteiger partial charge in [-0.25, -0.2) is 8.42 Å². The van der Waals surface area contributed by atoms with Gasteiger partial charge in [-0.05, 0) is 45.4 Å². The largest absolute Gasteiger partial charge is 0.346 e. The van der Waals surface area contributed by atoms with E-state index in [9.17, 15) is 8.42 Å². The van der Waals surface area contributed by atoms with Crippen molar-refractivity contribution in [3.8, 4) is 0 Å². The predicted molar refractivity (Wildman–Crippen MR) is 88.2 cm³/mol. The number of aromatic nitrogens is 1. The Hall–Kier alpha value is -1.33. The molecule has 2 aromatic rings. The molecule has 4 nitrogen and oxygen atoms in total. The Morgan fingerprint density at radius 3 is 2.48 bits per heavy atom. The highest BCUT2D eigenvalue weighted by Gasteiger charge is 2.28. The summed E-state index contributed by atoms with van der Waals surface area (Å²) in [7, 11) is -3.11. The zero-order valence-electron chi connectivity index (χ0n) is 13.0. The molecular formula is C16H24N2O2S. The lowest BCUT2D eigenvalue weighted by atomic mass is 10.1. The second kappa shape index (κ2) is 5.81. The lowest BCUT2D eigenvalue weighted by Crippen LogP contribution is -2.31. The first-order chi connectivity index (χ1) is 9.76. The van der Waals surface area contributed by atoms with Crippen LogP contribution in [0.1, 0.15) is 26.3 Å². The van der Waals surface area contributed by atoms with Gasteiger partial charge < -0.3 is 10.3 Å². The number of sulfone groups is 1. The lowest BCUT2D eigenvalue weighted by Gasteiger charge is -2.19. The van der Waals surface area contributed by atoms with Gasteiger partial charge in [-0.3, -0.25) is 0 Å². The average molecular weight is 308 g/mol. The van der Waals surface area contributed by atoms with Crippen LogP contribution in [0.25, 0.3) is 10.9 Å². The van der Waals surface area contributed by atoms with Crippen LogP contribution >= 0.6 is 0 Å². The summed E-state index contributed by atoms with van der Waals surface area (Å²) in [6, 6.07) is 8.07. The van der Waals surface area contributed by atoms with Gasteiger partial charge in [0.1, 0.15) is 0 Å². The first-order valence-corrected chi connectivity index (χ1v) is 8.90. The fourth-order valence-electron chi connectivity index (χ4n) is 2.39. The Kier molecular flexibility index (Phi) is 4.44. The Bertz CT molecular complexity index is 724. The maximum absolute atomic E-state index is 12.3. The van der Waals surface area contributed by atoms with Crippen LogP contribution in [0.4, 0.5) is 0 Å². The zero-order valence-corrected chi connectivity index (χ0v) is 13.8. The van der Waals surface area contributed by atoms with E-state index in [1.54, 1.807) is 20.8 Å². The molecule has 0 saturated carbocycles. The van der Waals surface area contributed by atoms with Crippen molar-refractivity contribution in [1.29, 1.82) is 0 Å². The van der Waals surface area contributed by atoms with Crippen LogP contribution in [-0.2, 0) is 22.8 Å². The molecule has 1 aromatic carbocycles. The minimum Gasteiger partial charge on any atom is -0.346 e. The van der Waals surface area contributed by atoms with E-state index in [0.717, 1.165) is 17.3 Å². The van der Waals surface area contributed by atoms with Gasteiger partial charge in [0, 0.05) is 23.6 Å². The van der Waals surface area contributed by atoms with Crippen molar-refractivity contribution in [3.05, 3.63) is 36.0 Å². The topological polar surface area (TPSA) is 65.1 Å². The van der Waals surface area contributed by atoms with Gasteiger partial charge in [0.15, 0.2) is 9.84 Å². The molecule has 21 heavy (non-hydrogen) atoms. The summed E-state index contributed by atoms with van der Waals surface area (Å²) in [6.45, 7) is 6.31. The van der Waals surface area contributed by atoms with E-state index in [-0.39, 0.29) is 5.75 Å². The number of fused-ring (bicyclic) bond motifs is 1. The fourth-order valence-corrected chi connectivity index (χ4v) is 3.44. The number of rotatable bonds is 5. The molecule has 1 aromatic heterocycles. The van der Waals surface area contributed by atoms with Crippen molar-refractivity contribution in [1.82, 2.24) is 4.57 Å². The predicted octanol–water partition coefficient (Wildman–Crippen LogP) is 2.36. The normalized spacial score (nSPS) is 13.0. The summed E-state index contributed by atoms with van der Waals surface area (Å²) < 4.78 is 25.8. The third kappa shape index (κ3) is 3.30. The first kappa shape index (κ1) is 16.0. The Morgan fingerprint density at radius 2 is 1.86 bits per heavy atom. The van der Waals surface area contributed by atoms with Crippen molar-refractivity contribution >= 4 is 20.7 Å². The standard InChI is InChI=1S/C16H24N2O2S/c1-16(2,3)21(19,20)11-10-18-12-13(8-9-17)14-6-4-5-7-15(14)18/h4-7,12H,8-11,17H2,1-3H3. The number of para-hydroxylation sites is 1. The van der Waals surface area contributed by atoms with Gasteiger partial charge in [-0.1, -0.05) is 18.2 Å². The van der Waals surface area contributed by atoms with Crippen LogP contribution in [0, 0.1) is 0 Å². The van der Waals surface area contributed by atoms with Crippen LogP contribution in [0.3, 0.4) is 0 Å². The van der Waals surface area contributed by atoms with Gasteiger partial charge in [0.05, 0.1) is 10.5 Å². The lowest BCUT2D eigenvalue weighted by molar-refractivity contribution is 0.554. The number of aryl methyl sites for hydroxylation is 1. The van der Waals surface area contributed by atoms with Crippen LogP contribution < -0.4 is 5.73 Å². The second-order valence-corrected chi connectivity index (χ2v) is 9.20. The maximum atomic E-state index is 12.3. The van der Waals surface area contributed by atoms with E-state index in [1.165, 1.54) is 5.56 Å². The molecule has 116 valence electrons. The summed E-state index contributed by atoms with van der Waals surface area (Å²) in [4.78, 5) is 0. The molecule has 0 aliphatic carbocycles. The zero-order chi connectivity index (χ0) is 15.7. The molecule has 0 aliphatic rings. The molecule has 0 aliphatic heterocycles. The number of hydrogen-bond acceptors (Lipinski definition) is 3. The summed E-state index contributed by atoms with van der Waals surface area (Å²) >= 11 is 0. The van der Waals surface area contributed by atoms with E-state index in [0.29, 0.717) is 13.1 Å². The van der Waals surface area contributed by atoms with Gasteiger partial charge in [-0.2, -0.15) is 0 Å². The second-order valence-electron chi connectivity index (χ2n) is 6.33. The van der Waals surface area contributed by atoms with Crippen molar-refractivity contribution in [3.63, 3.8) is 0 Å². The van der Waals surface area contributed by atoms with Crippen molar-refractivity contribution in [2.45, 2.75) is 38.5 Å². The Morgan fingerprint density at radius 1 is 1.19 bits per heavy atom.